The Morgan fingerprint density at radius 3 is 2.53 bits per heavy atom. The highest BCUT2D eigenvalue weighted by Gasteiger charge is 2.34. The third kappa shape index (κ3) is 3.98. The molecule has 1 aliphatic heterocycles. The van der Waals surface area contributed by atoms with Crippen molar-refractivity contribution in [3.05, 3.63) is 0 Å². The van der Waals surface area contributed by atoms with Gasteiger partial charge in [-0.25, -0.2) is 4.79 Å². The number of nitrogens with one attached hydrogen (secondary N) is 2. The van der Waals surface area contributed by atoms with E-state index in [4.69, 9.17) is 9.84 Å². The average molecular weight is 244 g/mol. The van der Waals surface area contributed by atoms with Gasteiger partial charge in [-0.15, -0.1) is 0 Å². The molecule has 6 nitrogen and oxygen atoms in total. The molecule has 1 rings (SSSR count). The van der Waals surface area contributed by atoms with Gasteiger partial charge in [0, 0.05) is 6.54 Å². The van der Waals surface area contributed by atoms with Crippen LogP contribution in [0.4, 0.5) is 0 Å². The van der Waals surface area contributed by atoms with Crippen LogP contribution in [0.25, 0.3) is 0 Å². The maximum absolute atomic E-state index is 11.8. The fraction of sp³-hybridized carbons (Fsp3) is 0.818. The molecule has 1 unspecified atom stereocenters. The van der Waals surface area contributed by atoms with Crippen molar-refractivity contribution in [2.45, 2.75) is 32.9 Å². The minimum absolute atomic E-state index is 0.280. The number of carboxylic acid groups (broad SMARTS) is 1. The van der Waals surface area contributed by atoms with Crippen molar-refractivity contribution in [3.63, 3.8) is 0 Å². The van der Waals surface area contributed by atoms with E-state index in [1.54, 1.807) is 20.8 Å². The molecule has 1 fully saturated rings. The van der Waals surface area contributed by atoms with Gasteiger partial charge >= 0.3 is 5.97 Å². The average Bonchev–Trinajstić information content (AvgIpc) is 2.24. The summed E-state index contributed by atoms with van der Waals surface area (Å²) in [5.41, 5.74) is -0.531. The maximum Gasteiger partial charge on any atom is 0.326 e. The Labute approximate surface area is 101 Å². The molecule has 98 valence electrons. The summed E-state index contributed by atoms with van der Waals surface area (Å²) >= 11 is 0. The molecule has 2 atom stereocenters. The fourth-order valence-electron chi connectivity index (χ4n) is 1.63. The third-order valence-corrected chi connectivity index (χ3v) is 2.64. The molecule has 17 heavy (non-hydrogen) atoms. The molecular formula is C11H20N2O4. The van der Waals surface area contributed by atoms with E-state index in [1.807, 2.05) is 0 Å². The van der Waals surface area contributed by atoms with Crippen molar-refractivity contribution in [2.75, 3.05) is 19.8 Å². The number of carbonyl (C=O) groups excluding carboxylic acids is 1. The Balaban J connectivity index is 2.60. The molecule has 1 heterocycles. The van der Waals surface area contributed by atoms with Crippen LogP contribution in [0.5, 0.6) is 0 Å². The van der Waals surface area contributed by atoms with Crippen LogP contribution >= 0.6 is 0 Å². The lowest BCUT2D eigenvalue weighted by Crippen LogP contribution is -2.57. The number of aliphatic carboxylic acids is 1. The molecule has 0 aliphatic carbocycles. The lowest BCUT2D eigenvalue weighted by molar-refractivity contribution is -0.145. The van der Waals surface area contributed by atoms with E-state index >= 15 is 0 Å². The van der Waals surface area contributed by atoms with E-state index in [0.29, 0.717) is 13.2 Å². The van der Waals surface area contributed by atoms with Crippen molar-refractivity contribution in [2.24, 2.45) is 5.41 Å². The molecule has 0 bridgehead atoms. The smallest absolute Gasteiger partial charge is 0.326 e. The van der Waals surface area contributed by atoms with E-state index < -0.39 is 23.5 Å². The zero-order valence-electron chi connectivity index (χ0n) is 10.4. The molecule has 1 aliphatic rings. The summed E-state index contributed by atoms with van der Waals surface area (Å²) in [5.74, 6) is -1.35. The Bertz CT molecular complexity index is 292. The van der Waals surface area contributed by atoms with E-state index in [1.165, 1.54) is 0 Å². The number of amides is 1. The number of hydrogen-bond acceptors (Lipinski definition) is 4. The van der Waals surface area contributed by atoms with Gasteiger partial charge < -0.3 is 20.5 Å². The lowest BCUT2D eigenvalue weighted by atomic mass is 9.86. The Morgan fingerprint density at radius 1 is 1.47 bits per heavy atom. The topological polar surface area (TPSA) is 87.7 Å². The van der Waals surface area contributed by atoms with Crippen molar-refractivity contribution in [1.82, 2.24) is 10.6 Å². The number of ether oxygens (including phenoxy) is 1. The van der Waals surface area contributed by atoms with Gasteiger partial charge in [0.2, 0.25) is 5.91 Å². The second-order valence-corrected chi connectivity index (χ2v) is 5.23. The molecule has 0 aromatic rings. The minimum atomic E-state index is -1.03. The van der Waals surface area contributed by atoms with E-state index in [-0.39, 0.29) is 12.5 Å². The van der Waals surface area contributed by atoms with Crippen molar-refractivity contribution in [1.29, 1.82) is 0 Å². The fourth-order valence-corrected chi connectivity index (χ4v) is 1.63. The predicted molar refractivity (Wildman–Crippen MR) is 61.6 cm³/mol. The second kappa shape index (κ2) is 5.46. The first-order valence-corrected chi connectivity index (χ1v) is 5.66. The first kappa shape index (κ1) is 13.9. The molecule has 0 spiro atoms. The molecule has 1 amide bonds. The van der Waals surface area contributed by atoms with Crippen molar-refractivity contribution in [3.8, 4) is 0 Å². The van der Waals surface area contributed by atoms with Crippen LogP contribution in [0, 0.1) is 5.41 Å². The molecule has 0 aromatic heterocycles. The van der Waals surface area contributed by atoms with Gasteiger partial charge in [-0.2, -0.15) is 0 Å². The Hall–Kier alpha value is -1.14. The van der Waals surface area contributed by atoms with Crippen molar-refractivity contribution >= 4 is 11.9 Å². The minimum Gasteiger partial charge on any atom is -0.480 e. The first-order chi connectivity index (χ1) is 7.82. The van der Waals surface area contributed by atoms with Crippen LogP contribution in [0.1, 0.15) is 20.8 Å². The molecule has 1 saturated heterocycles. The highest BCUT2D eigenvalue weighted by atomic mass is 16.5. The predicted octanol–water partition coefficient (Wildman–Crippen LogP) is -0.410. The summed E-state index contributed by atoms with van der Waals surface area (Å²) in [6.45, 7) is 6.78. The number of hydrogen-bond donors (Lipinski definition) is 3. The largest absolute Gasteiger partial charge is 0.480 e. The van der Waals surface area contributed by atoms with Crippen LogP contribution in [0.2, 0.25) is 0 Å². The monoisotopic (exact) mass is 244 g/mol. The number of carboxylic acids is 1. The highest BCUT2D eigenvalue weighted by Crippen LogP contribution is 2.19. The molecule has 3 N–H and O–H groups in total. The molecule has 0 radical (unpaired) electrons. The van der Waals surface area contributed by atoms with Gasteiger partial charge in [0.25, 0.3) is 0 Å². The summed E-state index contributed by atoms with van der Waals surface area (Å²) in [4.78, 5) is 22.9. The molecule has 0 aromatic carbocycles. The third-order valence-electron chi connectivity index (χ3n) is 2.64. The first-order valence-electron chi connectivity index (χ1n) is 5.66. The zero-order valence-corrected chi connectivity index (χ0v) is 10.4. The standard InChI is InChI=1S/C11H20N2O4/c1-11(2,3)8(10(15)16)13-9(14)7-6-17-5-4-12-7/h7-8,12H,4-6H2,1-3H3,(H,13,14)(H,15,16)/t7?,8-/m1/s1. The lowest BCUT2D eigenvalue weighted by Gasteiger charge is -2.30. The summed E-state index contributed by atoms with van der Waals surface area (Å²) in [7, 11) is 0. The van der Waals surface area contributed by atoms with Gasteiger partial charge in [0.1, 0.15) is 12.1 Å². The second-order valence-electron chi connectivity index (χ2n) is 5.23. The van der Waals surface area contributed by atoms with Crippen LogP contribution in [0.3, 0.4) is 0 Å². The normalized spacial score (nSPS) is 22.9. The highest BCUT2D eigenvalue weighted by molar-refractivity contribution is 5.87. The van der Waals surface area contributed by atoms with Crippen LogP contribution < -0.4 is 10.6 Å². The number of carbonyl (C=O) groups is 2. The molecule has 0 saturated carbocycles. The van der Waals surface area contributed by atoms with Gasteiger partial charge in [-0.05, 0) is 5.41 Å². The van der Waals surface area contributed by atoms with Crippen LogP contribution in [0.15, 0.2) is 0 Å². The molecular weight excluding hydrogens is 224 g/mol. The summed E-state index contributed by atoms with van der Waals surface area (Å²) in [5, 5.41) is 14.6. The summed E-state index contributed by atoms with van der Waals surface area (Å²) < 4.78 is 5.16. The number of morpholine rings is 1. The van der Waals surface area contributed by atoms with E-state index in [2.05, 4.69) is 10.6 Å². The zero-order chi connectivity index (χ0) is 13.1. The van der Waals surface area contributed by atoms with Crippen LogP contribution in [-0.2, 0) is 14.3 Å². The summed E-state index contributed by atoms with van der Waals surface area (Å²) in [6.07, 6.45) is 0. The maximum atomic E-state index is 11.8. The number of rotatable bonds is 3. The van der Waals surface area contributed by atoms with Crippen LogP contribution in [-0.4, -0.2) is 48.8 Å². The van der Waals surface area contributed by atoms with E-state index in [0.717, 1.165) is 0 Å². The van der Waals surface area contributed by atoms with Gasteiger partial charge in [-0.1, -0.05) is 20.8 Å². The Morgan fingerprint density at radius 2 is 2.12 bits per heavy atom. The van der Waals surface area contributed by atoms with Gasteiger partial charge in [0.05, 0.1) is 13.2 Å². The van der Waals surface area contributed by atoms with E-state index in [9.17, 15) is 9.59 Å². The molecule has 6 heteroatoms. The quantitative estimate of drug-likeness (QED) is 0.628. The Kier molecular flexibility index (Phi) is 4.47. The summed E-state index contributed by atoms with van der Waals surface area (Å²) in [6, 6.07) is -1.37. The van der Waals surface area contributed by atoms with Gasteiger partial charge in [0.15, 0.2) is 0 Å². The SMILES string of the molecule is CC(C)(C)[C@H](NC(=O)C1COCCN1)C(=O)O. The van der Waals surface area contributed by atoms with Gasteiger partial charge in [-0.3, -0.25) is 4.79 Å². The van der Waals surface area contributed by atoms with Crippen molar-refractivity contribution < 1.29 is 19.4 Å².